The summed E-state index contributed by atoms with van der Waals surface area (Å²) in [4.78, 5) is 0. The zero-order chi connectivity index (χ0) is 11.4. The van der Waals surface area contributed by atoms with Gasteiger partial charge in [-0.1, -0.05) is 41.4 Å². The average Bonchev–Trinajstić information content (AvgIpc) is 2.75. The molecule has 0 fully saturated rings. The van der Waals surface area contributed by atoms with Gasteiger partial charge in [0.05, 0.1) is 6.20 Å². The lowest BCUT2D eigenvalue weighted by molar-refractivity contribution is 0.572. The van der Waals surface area contributed by atoms with Crippen molar-refractivity contribution in [3.05, 3.63) is 41.1 Å². The third-order valence-electron chi connectivity index (χ3n) is 2.53. The molecule has 0 aliphatic heterocycles. The van der Waals surface area contributed by atoms with Gasteiger partial charge >= 0.3 is 0 Å². The summed E-state index contributed by atoms with van der Waals surface area (Å²) < 4.78 is 3.12. The van der Waals surface area contributed by atoms with Gasteiger partial charge in [-0.15, -0.1) is 0 Å². The highest BCUT2D eigenvalue weighted by Gasteiger charge is 2.01. The molecule has 2 rings (SSSR count). The highest BCUT2D eigenvalue weighted by Crippen LogP contribution is 2.22. The third kappa shape index (κ3) is 2.73. The Bertz CT molecular complexity index is 462. The number of aromatic nitrogens is 2. The van der Waals surface area contributed by atoms with E-state index in [2.05, 4.69) is 46.3 Å². The Morgan fingerprint density at radius 2 is 2.19 bits per heavy atom. The van der Waals surface area contributed by atoms with Gasteiger partial charge in [0.2, 0.25) is 0 Å². The fraction of sp³-hybridized carbons (Fsp3) is 0.308. The van der Waals surface area contributed by atoms with Gasteiger partial charge in [0.1, 0.15) is 0 Å². The number of hydrogen-bond donors (Lipinski definition) is 0. The van der Waals surface area contributed by atoms with Crippen molar-refractivity contribution in [2.24, 2.45) is 0 Å². The first-order valence-corrected chi connectivity index (χ1v) is 6.37. The highest BCUT2D eigenvalue weighted by atomic mass is 79.9. The molecule has 1 heterocycles. The van der Waals surface area contributed by atoms with Crippen molar-refractivity contribution in [2.75, 3.05) is 0 Å². The minimum Gasteiger partial charge on any atom is -0.272 e. The Kier molecular flexibility index (Phi) is 3.78. The number of unbranched alkanes of at least 4 members (excludes halogenated alkanes) is 1. The second-order valence-electron chi connectivity index (χ2n) is 3.86. The molecule has 0 saturated carbocycles. The molecule has 0 aliphatic carbocycles. The Morgan fingerprint density at radius 1 is 1.31 bits per heavy atom. The summed E-state index contributed by atoms with van der Waals surface area (Å²) in [6.45, 7) is 3.20. The maximum atomic E-state index is 4.36. The number of rotatable bonds is 4. The molecule has 16 heavy (non-hydrogen) atoms. The van der Waals surface area contributed by atoms with Crippen molar-refractivity contribution in [1.82, 2.24) is 9.78 Å². The molecule has 0 aliphatic rings. The van der Waals surface area contributed by atoms with Gasteiger partial charge in [-0.2, -0.15) is 5.10 Å². The minimum absolute atomic E-state index is 1.00. The number of benzene rings is 1. The second kappa shape index (κ2) is 5.30. The molecule has 2 nitrogen and oxygen atoms in total. The predicted octanol–water partition coefficient (Wildman–Crippen LogP) is 4.11. The van der Waals surface area contributed by atoms with Gasteiger partial charge in [-0.05, 0) is 24.1 Å². The molecule has 0 saturated heterocycles. The van der Waals surface area contributed by atoms with Gasteiger partial charge in [0, 0.05) is 22.8 Å². The molecule has 0 bridgehead atoms. The van der Waals surface area contributed by atoms with E-state index in [1.807, 2.05) is 23.0 Å². The van der Waals surface area contributed by atoms with Crippen LogP contribution in [0.15, 0.2) is 41.1 Å². The predicted molar refractivity (Wildman–Crippen MR) is 70.3 cm³/mol. The SMILES string of the molecule is CCCCn1cc(-c2cccc(Br)c2)cn1. The first kappa shape index (κ1) is 11.4. The standard InChI is InChI=1S/C13H15BrN2/c1-2-3-7-16-10-12(9-15-16)11-5-4-6-13(14)8-11/h4-6,8-10H,2-3,7H2,1H3. The summed E-state index contributed by atoms with van der Waals surface area (Å²) >= 11 is 3.48. The molecule has 84 valence electrons. The summed E-state index contributed by atoms with van der Waals surface area (Å²) in [5, 5.41) is 4.36. The molecule has 0 unspecified atom stereocenters. The molecule has 0 amide bonds. The van der Waals surface area contributed by atoms with E-state index in [4.69, 9.17) is 0 Å². The number of aryl methyl sites for hydroxylation is 1. The lowest BCUT2D eigenvalue weighted by atomic mass is 10.1. The lowest BCUT2D eigenvalue weighted by Gasteiger charge is -1.99. The molecule has 2 aromatic rings. The quantitative estimate of drug-likeness (QED) is 0.823. The fourth-order valence-corrected chi connectivity index (χ4v) is 2.02. The average molecular weight is 279 g/mol. The van der Waals surface area contributed by atoms with Crippen LogP contribution in [0.5, 0.6) is 0 Å². The molecule has 0 N–H and O–H groups in total. The van der Waals surface area contributed by atoms with Crippen molar-refractivity contribution < 1.29 is 0 Å². The molecule has 3 heteroatoms. The smallest absolute Gasteiger partial charge is 0.0568 e. The van der Waals surface area contributed by atoms with Gasteiger partial charge in [-0.3, -0.25) is 4.68 Å². The maximum Gasteiger partial charge on any atom is 0.0568 e. The summed E-state index contributed by atoms with van der Waals surface area (Å²) in [7, 11) is 0. The van der Waals surface area contributed by atoms with Crippen LogP contribution in [0.4, 0.5) is 0 Å². The molecular formula is C13H15BrN2. The summed E-state index contributed by atoms with van der Waals surface area (Å²) in [6.07, 6.45) is 6.42. The van der Waals surface area contributed by atoms with Gasteiger partial charge < -0.3 is 0 Å². The van der Waals surface area contributed by atoms with E-state index in [1.54, 1.807) is 0 Å². The number of halogens is 1. The van der Waals surface area contributed by atoms with E-state index in [1.165, 1.54) is 24.0 Å². The van der Waals surface area contributed by atoms with Gasteiger partial charge in [0.15, 0.2) is 0 Å². The monoisotopic (exact) mass is 278 g/mol. The molecule has 1 aromatic carbocycles. The van der Waals surface area contributed by atoms with Crippen molar-refractivity contribution >= 4 is 15.9 Å². The zero-order valence-corrected chi connectivity index (χ0v) is 10.9. The fourth-order valence-electron chi connectivity index (χ4n) is 1.62. The minimum atomic E-state index is 1.00. The van der Waals surface area contributed by atoms with Crippen molar-refractivity contribution in [3.8, 4) is 11.1 Å². The van der Waals surface area contributed by atoms with Crippen LogP contribution in [0.1, 0.15) is 19.8 Å². The van der Waals surface area contributed by atoms with Crippen LogP contribution in [-0.2, 0) is 6.54 Å². The van der Waals surface area contributed by atoms with E-state index in [0.29, 0.717) is 0 Å². The van der Waals surface area contributed by atoms with Crippen LogP contribution in [0.2, 0.25) is 0 Å². The first-order valence-electron chi connectivity index (χ1n) is 5.58. The third-order valence-corrected chi connectivity index (χ3v) is 3.03. The van der Waals surface area contributed by atoms with E-state index < -0.39 is 0 Å². The first-order chi connectivity index (χ1) is 7.79. The topological polar surface area (TPSA) is 17.8 Å². The Morgan fingerprint density at radius 3 is 2.94 bits per heavy atom. The van der Waals surface area contributed by atoms with Crippen LogP contribution >= 0.6 is 15.9 Å². The lowest BCUT2D eigenvalue weighted by Crippen LogP contribution is -1.96. The van der Waals surface area contributed by atoms with Gasteiger partial charge in [-0.25, -0.2) is 0 Å². The number of hydrogen-bond acceptors (Lipinski definition) is 1. The Hall–Kier alpha value is -1.09. The largest absolute Gasteiger partial charge is 0.272 e. The van der Waals surface area contributed by atoms with Crippen LogP contribution < -0.4 is 0 Å². The molecule has 0 radical (unpaired) electrons. The number of nitrogens with zero attached hydrogens (tertiary/aromatic N) is 2. The van der Waals surface area contributed by atoms with Crippen molar-refractivity contribution in [2.45, 2.75) is 26.3 Å². The van der Waals surface area contributed by atoms with Crippen LogP contribution in [0.3, 0.4) is 0 Å². The highest BCUT2D eigenvalue weighted by molar-refractivity contribution is 9.10. The summed E-state index contributed by atoms with van der Waals surface area (Å²) in [6, 6.07) is 8.29. The molecule has 0 spiro atoms. The molecule has 1 aromatic heterocycles. The maximum absolute atomic E-state index is 4.36. The van der Waals surface area contributed by atoms with Crippen molar-refractivity contribution in [1.29, 1.82) is 0 Å². The van der Waals surface area contributed by atoms with Crippen LogP contribution in [-0.4, -0.2) is 9.78 Å². The zero-order valence-electron chi connectivity index (χ0n) is 9.36. The van der Waals surface area contributed by atoms with E-state index in [0.717, 1.165) is 11.0 Å². The van der Waals surface area contributed by atoms with E-state index >= 15 is 0 Å². The van der Waals surface area contributed by atoms with Crippen molar-refractivity contribution in [3.63, 3.8) is 0 Å². The normalized spacial score (nSPS) is 10.6. The van der Waals surface area contributed by atoms with Crippen LogP contribution in [0, 0.1) is 0 Å². The summed E-state index contributed by atoms with van der Waals surface area (Å²) in [5.41, 5.74) is 2.38. The second-order valence-corrected chi connectivity index (χ2v) is 4.77. The van der Waals surface area contributed by atoms with E-state index in [9.17, 15) is 0 Å². The van der Waals surface area contributed by atoms with Gasteiger partial charge in [0.25, 0.3) is 0 Å². The Labute approximate surface area is 104 Å². The summed E-state index contributed by atoms with van der Waals surface area (Å²) in [5.74, 6) is 0. The van der Waals surface area contributed by atoms with E-state index in [-0.39, 0.29) is 0 Å². The van der Waals surface area contributed by atoms with Crippen LogP contribution in [0.25, 0.3) is 11.1 Å². The Balaban J connectivity index is 2.18. The molecule has 0 atom stereocenters. The molecular weight excluding hydrogens is 264 g/mol.